The van der Waals surface area contributed by atoms with Crippen molar-refractivity contribution in [3.05, 3.63) is 0 Å². The Labute approximate surface area is 116 Å². The van der Waals surface area contributed by atoms with E-state index in [-0.39, 0.29) is 11.9 Å². The van der Waals surface area contributed by atoms with Gasteiger partial charge in [-0.25, -0.2) is 0 Å². The van der Waals surface area contributed by atoms with E-state index >= 15 is 0 Å². The third-order valence-corrected chi connectivity index (χ3v) is 2.67. The van der Waals surface area contributed by atoms with Crippen molar-refractivity contribution in [1.29, 1.82) is 0 Å². The Balaban J connectivity index is 3.71. The predicted molar refractivity (Wildman–Crippen MR) is 76.0 cm³/mol. The molecule has 5 nitrogen and oxygen atoms in total. The van der Waals surface area contributed by atoms with Crippen molar-refractivity contribution in [2.45, 2.75) is 65.5 Å². The smallest absolute Gasteiger partial charge is 0.320 e. The van der Waals surface area contributed by atoms with Crippen LogP contribution in [0.2, 0.25) is 0 Å². The second kappa shape index (κ2) is 9.78. The molecule has 0 saturated heterocycles. The van der Waals surface area contributed by atoms with Gasteiger partial charge in [0.2, 0.25) is 5.91 Å². The van der Waals surface area contributed by atoms with E-state index in [1.54, 1.807) is 0 Å². The summed E-state index contributed by atoms with van der Waals surface area (Å²) in [6.45, 7) is 8.51. The van der Waals surface area contributed by atoms with Crippen LogP contribution in [0.5, 0.6) is 0 Å². The largest absolute Gasteiger partial charge is 0.480 e. The lowest BCUT2D eigenvalue weighted by Crippen LogP contribution is -2.40. The highest BCUT2D eigenvalue weighted by atomic mass is 16.4. The maximum Gasteiger partial charge on any atom is 0.320 e. The summed E-state index contributed by atoms with van der Waals surface area (Å²) in [6, 6.07) is -0.335. The van der Waals surface area contributed by atoms with E-state index in [0.29, 0.717) is 25.3 Å². The molecule has 0 aromatic heterocycles. The van der Waals surface area contributed by atoms with Gasteiger partial charge in [0.05, 0.1) is 0 Å². The van der Waals surface area contributed by atoms with Gasteiger partial charge in [-0.2, -0.15) is 0 Å². The van der Waals surface area contributed by atoms with E-state index in [1.165, 1.54) is 0 Å². The predicted octanol–water partition coefficient (Wildman–Crippen LogP) is 1.77. The molecule has 0 aliphatic heterocycles. The molecule has 0 spiro atoms. The van der Waals surface area contributed by atoms with Crippen LogP contribution in [0.15, 0.2) is 0 Å². The molecule has 1 amide bonds. The molecule has 0 heterocycles. The lowest BCUT2D eigenvalue weighted by atomic mass is 10.1. The highest BCUT2D eigenvalue weighted by molar-refractivity contribution is 5.76. The van der Waals surface area contributed by atoms with Crippen LogP contribution in [-0.4, -0.2) is 35.6 Å². The summed E-state index contributed by atoms with van der Waals surface area (Å²) in [5, 5.41) is 14.9. The average molecular weight is 272 g/mol. The van der Waals surface area contributed by atoms with E-state index in [4.69, 9.17) is 5.11 Å². The second-order valence-electron chi connectivity index (χ2n) is 5.66. The van der Waals surface area contributed by atoms with Crippen molar-refractivity contribution in [3.8, 4) is 0 Å². The Morgan fingerprint density at radius 2 is 1.74 bits per heavy atom. The van der Waals surface area contributed by atoms with Gasteiger partial charge in [0, 0.05) is 19.0 Å². The molecule has 0 aliphatic carbocycles. The van der Waals surface area contributed by atoms with Crippen molar-refractivity contribution in [2.24, 2.45) is 5.92 Å². The SMILES string of the molecule is CC(C)CC(=O)NCCCCC(NC(C)C)C(=O)O. The molecule has 112 valence electrons. The molecule has 1 unspecified atom stereocenters. The van der Waals surface area contributed by atoms with Crippen LogP contribution < -0.4 is 10.6 Å². The van der Waals surface area contributed by atoms with Crippen LogP contribution in [0.3, 0.4) is 0 Å². The number of carbonyl (C=O) groups excluding carboxylic acids is 1. The van der Waals surface area contributed by atoms with Crippen LogP contribution in [0.4, 0.5) is 0 Å². The standard InChI is InChI=1S/C14H28N2O3/c1-10(2)9-13(17)15-8-6-5-7-12(14(18)19)16-11(3)4/h10-12,16H,5-9H2,1-4H3,(H,15,17)(H,18,19). The van der Waals surface area contributed by atoms with E-state index in [9.17, 15) is 9.59 Å². The molecule has 19 heavy (non-hydrogen) atoms. The molecule has 5 heteroatoms. The van der Waals surface area contributed by atoms with Crippen molar-refractivity contribution in [3.63, 3.8) is 0 Å². The number of unbranched alkanes of at least 4 members (excludes halogenated alkanes) is 1. The summed E-state index contributed by atoms with van der Waals surface area (Å²) in [7, 11) is 0. The zero-order chi connectivity index (χ0) is 14.8. The van der Waals surface area contributed by atoms with Gasteiger partial charge >= 0.3 is 5.97 Å². The fourth-order valence-corrected chi connectivity index (χ4v) is 1.82. The molecular formula is C14H28N2O3. The minimum Gasteiger partial charge on any atom is -0.480 e. The summed E-state index contributed by atoms with van der Waals surface area (Å²) in [5.74, 6) is -0.366. The molecule has 1 atom stereocenters. The highest BCUT2D eigenvalue weighted by Crippen LogP contribution is 2.03. The first-order chi connectivity index (χ1) is 8.82. The van der Waals surface area contributed by atoms with E-state index in [0.717, 1.165) is 12.8 Å². The summed E-state index contributed by atoms with van der Waals surface area (Å²) < 4.78 is 0. The van der Waals surface area contributed by atoms with Gasteiger partial charge in [-0.1, -0.05) is 27.7 Å². The third kappa shape index (κ3) is 10.5. The number of hydrogen-bond donors (Lipinski definition) is 3. The zero-order valence-corrected chi connectivity index (χ0v) is 12.5. The summed E-state index contributed by atoms with van der Waals surface area (Å²) in [4.78, 5) is 22.4. The number of carboxylic acid groups (broad SMARTS) is 1. The van der Waals surface area contributed by atoms with Crippen molar-refractivity contribution < 1.29 is 14.7 Å². The molecule has 0 fully saturated rings. The number of amides is 1. The molecule has 0 saturated carbocycles. The Kier molecular flexibility index (Phi) is 9.21. The Morgan fingerprint density at radius 3 is 2.21 bits per heavy atom. The molecule has 0 aromatic rings. The number of rotatable bonds is 10. The minimum absolute atomic E-state index is 0.0742. The highest BCUT2D eigenvalue weighted by Gasteiger charge is 2.17. The van der Waals surface area contributed by atoms with E-state index in [2.05, 4.69) is 10.6 Å². The number of carbonyl (C=O) groups is 2. The van der Waals surface area contributed by atoms with Gasteiger partial charge in [0.15, 0.2) is 0 Å². The van der Waals surface area contributed by atoms with Gasteiger partial charge in [0.25, 0.3) is 0 Å². The maximum atomic E-state index is 11.4. The van der Waals surface area contributed by atoms with Crippen molar-refractivity contribution >= 4 is 11.9 Å². The van der Waals surface area contributed by atoms with E-state index < -0.39 is 12.0 Å². The fourth-order valence-electron chi connectivity index (χ4n) is 1.82. The summed E-state index contributed by atoms with van der Waals surface area (Å²) in [6.07, 6.45) is 2.74. The summed E-state index contributed by atoms with van der Waals surface area (Å²) in [5.41, 5.74) is 0. The molecule has 3 N–H and O–H groups in total. The van der Waals surface area contributed by atoms with E-state index in [1.807, 2.05) is 27.7 Å². The summed E-state index contributed by atoms with van der Waals surface area (Å²) >= 11 is 0. The van der Waals surface area contributed by atoms with Gasteiger partial charge in [-0.05, 0) is 25.2 Å². The first-order valence-electron chi connectivity index (χ1n) is 7.08. The quantitative estimate of drug-likeness (QED) is 0.530. The van der Waals surface area contributed by atoms with Gasteiger partial charge < -0.3 is 15.7 Å². The molecule has 0 aliphatic rings. The topological polar surface area (TPSA) is 78.4 Å². The maximum absolute atomic E-state index is 11.4. The van der Waals surface area contributed by atoms with Gasteiger partial charge in [0.1, 0.15) is 6.04 Å². The first-order valence-corrected chi connectivity index (χ1v) is 7.08. The molecule has 0 aromatic carbocycles. The molecular weight excluding hydrogens is 244 g/mol. The van der Waals surface area contributed by atoms with Crippen LogP contribution >= 0.6 is 0 Å². The molecule has 0 bridgehead atoms. The molecule has 0 rings (SSSR count). The monoisotopic (exact) mass is 272 g/mol. The van der Waals surface area contributed by atoms with Crippen LogP contribution in [0.1, 0.15) is 53.4 Å². The van der Waals surface area contributed by atoms with Gasteiger partial charge in [-0.15, -0.1) is 0 Å². The molecule has 0 radical (unpaired) electrons. The normalized spacial score (nSPS) is 12.7. The number of aliphatic carboxylic acids is 1. The van der Waals surface area contributed by atoms with Crippen molar-refractivity contribution in [1.82, 2.24) is 10.6 Å². The Hall–Kier alpha value is -1.10. The first kappa shape index (κ1) is 17.9. The fraction of sp³-hybridized carbons (Fsp3) is 0.857. The van der Waals surface area contributed by atoms with Crippen LogP contribution in [0.25, 0.3) is 0 Å². The zero-order valence-electron chi connectivity index (χ0n) is 12.5. The Morgan fingerprint density at radius 1 is 1.11 bits per heavy atom. The number of nitrogens with one attached hydrogen (secondary N) is 2. The second-order valence-corrected chi connectivity index (χ2v) is 5.66. The lowest BCUT2D eigenvalue weighted by Gasteiger charge is -2.17. The average Bonchev–Trinajstić information content (AvgIpc) is 2.25. The number of hydrogen-bond acceptors (Lipinski definition) is 3. The lowest BCUT2D eigenvalue weighted by molar-refractivity contribution is -0.140. The van der Waals surface area contributed by atoms with Crippen LogP contribution in [-0.2, 0) is 9.59 Å². The van der Waals surface area contributed by atoms with Crippen molar-refractivity contribution in [2.75, 3.05) is 6.54 Å². The third-order valence-electron chi connectivity index (χ3n) is 2.67. The number of carboxylic acids is 1. The minimum atomic E-state index is -0.808. The Bertz CT molecular complexity index is 278. The van der Waals surface area contributed by atoms with Crippen LogP contribution in [0, 0.1) is 5.92 Å². The van der Waals surface area contributed by atoms with Gasteiger partial charge in [-0.3, -0.25) is 9.59 Å².